The van der Waals surface area contributed by atoms with Gasteiger partial charge in [0.15, 0.2) is 0 Å². The lowest BCUT2D eigenvalue weighted by Gasteiger charge is -2.15. The van der Waals surface area contributed by atoms with Gasteiger partial charge in [0.2, 0.25) is 0 Å². The number of hydrogen-bond acceptors (Lipinski definition) is 2. The molecule has 3 rings (SSSR count). The van der Waals surface area contributed by atoms with Crippen molar-refractivity contribution in [2.45, 2.75) is 31.6 Å². The van der Waals surface area contributed by atoms with E-state index in [-0.39, 0.29) is 0 Å². The molecular weight excluding hydrogens is 236 g/mol. The monoisotopic (exact) mass is 254 g/mol. The number of aromatic hydroxyl groups is 2. The zero-order chi connectivity index (χ0) is 13.2. The number of aryl methyl sites for hydroxylation is 1. The first kappa shape index (κ1) is 12.1. The minimum atomic E-state index is 0.322. The van der Waals surface area contributed by atoms with Gasteiger partial charge in [-0.3, -0.25) is 0 Å². The van der Waals surface area contributed by atoms with E-state index in [0.29, 0.717) is 17.4 Å². The molecule has 2 aromatic carbocycles. The molecule has 0 saturated heterocycles. The molecule has 2 nitrogen and oxygen atoms in total. The quantitative estimate of drug-likeness (QED) is 0.761. The van der Waals surface area contributed by atoms with E-state index in [1.54, 1.807) is 18.2 Å². The fourth-order valence-electron chi connectivity index (χ4n) is 2.98. The number of phenols is 2. The molecule has 1 aliphatic rings. The molecule has 0 bridgehead atoms. The first-order valence-corrected chi connectivity index (χ1v) is 6.82. The van der Waals surface area contributed by atoms with Gasteiger partial charge in [0.05, 0.1) is 0 Å². The number of phenolic OH excluding ortho intramolecular Hbond substituents is 2. The van der Waals surface area contributed by atoms with E-state index >= 15 is 0 Å². The number of fused-ring (bicyclic) bond motifs is 1. The van der Waals surface area contributed by atoms with Crippen LogP contribution in [0.2, 0.25) is 0 Å². The lowest BCUT2D eigenvalue weighted by Crippen LogP contribution is -2.01. The molecule has 0 saturated carbocycles. The summed E-state index contributed by atoms with van der Waals surface area (Å²) in [5.74, 6) is 1.19. The molecule has 2 N–H and O–H groups in total. The van der Waals surface area contributed by atoms with Crippen LogP contribution in [0, 0.1) is 0 Å². The summed E-state index contributed by atoms with van der Waals surface area (Å²) in [6.07, 6.45) is 4.35. The van der Waals surface area contributed by atoms with Crippen LogP contribution in [0.3, 0.4) is 0 Å². The normalized spacial score (nSPS) is 18.6. The maximum atomic E-state index is 9.57. The molecule has 0 spiro atoms. The highest BCUT2D eigenvalue weighted by Gasteiger charge is 2.18. The largest absolute Gasteiger partial charge is 0.508 e. The fourth-order valence-corrected chi connectivity index (χ4v) is 2.98. The first-order valence-electron chi connectivity index (χ1n) is 6.82. The van der Waals surface area contributed by atoms with Gasteiger partial charge >= 0.3 is 0 Å². The van der Waals surface area contributed by atoms with Crippen molar-refractivity contribution in [3.8, 4) is 11.5 Å². The average Bonchev–Trinajstić information content (AvgIpc) is 2.61. The molecular formula is C17H18O2. The molecule has 0 heterocycles. The van der Waals surface area contributed by atoms with E-state index in [9.17, 15) is 10.2 Å². The highest BCUT2D eigenvalue weighted by atomic mass is 16.3. The van der Waals surface area contributed by atoms with Crippen molar-refractivity contribution in [3.05, 3.63) is 59.2 Å². The van der Waals surface area contributed by atoms with Crippen LogP contribution in [0.4, 0.5) is 0 Å². The van der Waals surface area contributed by atoms with Crippen LogP contribution >= 0.6 is 0 Å². The standard InChI is InChI=1S/C17H18O2/c18-16-7-4-12(5-8-16)13-2-1-3-14-11-17(19)9-6-15(14)10-13/h4-9,11,13,18-19H,1-3,10H2. The van der Waals surface area contributed by atoms with Gasteiger partial charge in [-0.25, -0.2) is 0 Å². The van der Waals surface area contributed by atoms with E-state index < -0.39 is 0 Å². The molecule has 0 aromatic heterocycles. The Morgan fingerprint density at radius 1 is 0.842 bits per heavy atom. The SMILES string of the molecule is Oc1ccc(C2CCCc3cc(O)ccc3C2)cc1. The lowest BCUT2D eigenvalue weighted by molar-refractivity contribution is 0.473. The molecule has 0 aliphatic heterocycles. The van der Waals surface area contributed by atoms with Crippen LogP contribution in [-0.4, -0.2) is 10.2 Å². The lowest BCUT2D eigenvalue weighted by atomic mass is 9.90. The van der Waals surface area contributed by atoms with Crippen LogP contribution in [0.25, 0.3) is 0 Å². The molecule has 1 unspecified atom stereocenters. The van der Waals surface area contributed by atoms with Crippen molar-refractivity contribution in [1.82, 2.24) is 0 Å². The Morgan fingerprint density at radius 2 is 1.58 bits per heavy atom. The Bertz CT molecular complexity index is 572. The average molecular weight is 254 g/mol. The fraction of sp³-hybridized carbons (Fsp3) is 0.294. The maximum Gasteiger partial charge on any atom is 0.115 e. The van der Waals surface area contributed by atoms with E-state index in [4.69, 9.17) is 0 Å². The van der Waals surface area contributed by atoms with Crippen LogP contribution in [0.15, 0.2) is 42.5 Å². The topological polar surface area (TPSA) is 40.5 Å². The van der Waals surface area contributed by atoms with Crippen LogP contribution in [-0.2, 0) is 12.8 Å². The molecule has 1 aliphatic carbocycles. The van der Waals surface area contributed by atoms with Crippen LogP contribution in [0.5, 0.6) is 11.5 Å². The third-order valence-electron chi connectivity index (χ3n) is 4.02. The van der Waals surface area contributed by atoms with E-state index in [2.05, 4.69) is 0 Å². The summed E-state index contributed by atoms with van der Waals surface area (Å²) in [6, 6.07) is 13.3. The Kier molecular flexibility index (Phi) is 3.16. The molecule has 0 radical (unpaired) electrons. The minimum Gasteiger partial charge on any atom is -0.508 e. The summed E-state index contributed by atoms with van der Waals surface area (Å²) in [7, 11) is 0. The minimum absolute atomic E-state index is 0.322. The zero-order valence-corrected chi connectivity index (χ0v) is 10.8. The van der Waals surface area contributed by atoms with Crippen molar-refractivity contribution >= 4 is 0 Å². The summed E-state index contributed by atoms with van der Waals surface area (Å²) >= 11 is 0. The Morgan fingerprint density at radius 3 is 2.37 bits per heavy atom. The van der Waals surface area contributed by atoms with Gasteiger partial charge in [0.1, 0.15) is 11.5 Å². The highest BCUT2D eigenvalue weighted by molar-refractivity contribution is 5.38. The molecule has 0 fully saturated rings. The van der Waals surface area contributed by atoms with Crippen molar-refractivity contribution in [3.63, 3.8) is 0 Å². The Hall–Kier alpha value is -1.96. The summed E-state index contributed by atoms with van der Waals surface area (Å²) in [6.45, 7) is 0. The second-order valence-electron chi connectivity index (χ2n) is 5.34. The molecule has 2 aromatic rings. The highest BCUT2D eigenvalue weighted by Crippen LogP contribution is 2.33. The van der Waals surface area contributed by atoms with Gasteiger partial charge in [-0.15, -0.1) is 0 Å². The van der Waals surface area contributed by atoms with Gasteiger partial charge in [0, 0.05) is 0 Å². The third kappa shape index (κ3) is 2.58. The molecule has 19 heavy (non-hydrogen) atoms. The van der Waals surface area contributed by atoms with Gasteiger partial charge in [-0.1, -0.05) is 18.2 Å². The van der Waals surface area contributed by atoms with Crippen molar-refractivity contribution in [2.24, 2.45) is 0 Å². The Balaban J connectivity index is 1.89. The van der Waals surface area contributed by atoms with E-state index in [1.165, 1.54) is 16.7 Å². The second-order valence-corrected chi connectivity index (χ2v) is 5.34. The van der Waals surface area contributed by atoms with Gasteiger partial charge in [0.25, 0.3) is 0 Å². The number of hydrogen-bond donors (Lipinski definition) is 2. The summed E-state index contributed by atoms with van der Waals surface area (Å²) < 4.78 is 0. The summed E-state index contributed by atoms with van der Waals surface area (Å²) in [5.41, 5.74) is 3.91. The van der Waals surface area contributed by atoms with Gasteiger partial charge < -0.3 is 10.2 Å². The summed E-state index contributed by atoms with van der Waals surface area (Å²) in [4.78, 5) is 0. The van der Waals surface area contributed by atoms with Crippen molar-refractivity contribution < 1.29 is 10.2 Å². The van der Waals surface area contributed by atoms with Crippen LogP contribution in [0.1, 0.15) is 35.4 Å². The van der Waals surface area contributed by atoms with E-state index in [1.807, 2.05) is 24.3 Å². The third-order valence-corrected chi connectivity index (χ3v) is 4.02. The van der Waals surface area contributed by atoms with Crippen molar-refractivity contribution in [1.29, 1.82) is 0 Å². The summed E-state index contributed by atoms with van der Waals surface area (Å²) in [5, 5.41) is 18.9. The maximum absolute atomic E-state index is 9.57. The molecule has 0 amide bonds. The molecule has 98 valence electrons. The predicted molar refractivity (Wildman–Crippen MR) is 75.6 cm³/mol. The Labute approximate surface area is 113 Å². The van der Waals surface area contributed by atoms with Crippen molar-refractivity contribution in [2.75, 3.05) is 0 Å². The van der Waals surface area contributed by atoms with Crippen LogP contribution < -0.4 is 0 Å². The predicted octanol–water partition coefficient (Wildman–Crippen LogP) is 3.76. The van der Waals surface area contributed by atoms with Gasteiger partial charge in [-0.2, -0.15) is 0 Å². The molecule has 2 heteroatoms. The molecule has 1 atom stereocenters. The zero-order valence-electron chi connectivity index (χ0n) is 10.8. The number of rotatable bonds is 1. The van der Waals surface area contributed by atoms with E-state index in [0.717, 1.165) is 25.7 Å². The second kappa shape index (κ2) is 4.96. The number of benzene rings is 2. The smallest absolute Gasteiger partial charge is 0.115 e. The first-order chi connectivity index (χ1) is 9.22. The van der Waals surface area contributed by atoms with Gasteiger partial charge in [-0.05, 0) is 72.6 Å².